The van der Waals surface area contributed by atoms with Crippen LogP contribution in [0.5, 0.6) is 0 Å². The van der Waals surface area contributed by atoms with Crippen molar-refractivity contribution in [2.75, 3.05) is 10.6 Å². The molecular formula is C22H24N4O2. The van der Waals surface area contributed by atoms with E-state index < -0.39 is 0 Å². The van der Waals surface area contributed by atoms with Crippen LogP contribution in [-0.4, -0.2) is 21.6 Å². The van der Waals surface area contributed by atoms with E-state index in [1.165, 1.54) is 6.42 Å². The van der Waals surface area contributed by atoms with E-state index in [-0.39, 0.29) is 23.4 Å². The van der Waals surface area contributed by atoms with Gasteiger partial charge in [0.25, 0.3) is 5.91 Å². The number of amides is 2. The Morgan fingerprint density at radius 3 is 2.57 bits per heavy atom. The molecule has 0 bridgehead atoms. The highest BCUT2D eigenvalue weighted by Crippen LogP contribution is 2.26. The lowest BCUT2D eigenvalue weighted by Gasteiger charge is -2.20. The van der Waals surface area contributed by atoms with Crippen LogP contribution in [0, 0.1) is 5.92 Å². The lowest BCUT2D eigenvalue weighted by molar-refractivity contribution is -0.120. The number of nitrogens with zero attached hydrogens (tertiary/aromatic N) is 2. The van der Waals surface area contributed by atoms with Gasteiger partial charge in [-0.1, -0.05) is 55.7 Å². The van der Waals surface area contributed by atoms with Crippen LogP contribution >= 0.6 is 0 Å². The molecule has 0 spiro atoms. The number of nitrogens with one attached hydrogen (secondary N) is 2. The second-order valence-corrected chi connectivity index (χ2v) is 7.34. The topological polar surface area (TPSA) is 76.0 Å². The van der Waals surface area contributed by atoms with Gasteiger partial charge in [-0.3, -0.25) is 14.3 Å². The van der Waals surface area contributed by atoms with Crippen molar-refractivity contribution in [1.29, 1.82) is 0 Å². The number of carbonyl (C=O) groups is 2. The van der Waals surface area contributed by atoms with Crippen molar-refractivity contribution in [2.45, 2.75) is 32.1 Å². The summed E-state index contributed by atoms with van der Waals surface area (Å²) < 4.78 is 1.54. The second kappa shape index (κ2) is 7.84. The quantitative estimate of drug-likeness (QED) is 0.711. The van der Waals surface area contributed by atoms with Gasteiger partial charge in [0, 0.05) is 30.1 Å². The van der Waals surface area contributed by atoms with E-state index in [9.17, 15) is 9.59 Å². The molecule has 3 aromatic rings. The number of anilines is 2. The summed E-state index contributed by atoms with van der Waals surface area (Å²) in [5.41, 5.74) is 1.01. The third-order valence-corrected chi connectivity index (χ3v) is 5.38. The Balaban J connectivity index is 1.49. The van der Waals surface area contributed by atoms with Crippen molar-refractivity contribution >= 4 is 34.1 Å². The predicted molar refractivity (Wildman–Crippen MR) is 110 cm³/mol. The van der Waals surface area contributed by atoms with E-state index in [0.717, 1.165) is 42.1 Å². The van der Waals surface area contributed by atoms with Gasteiger partial charge in [0.1, 0.15) is 5.82 Å². The summed E-state index contributed by atoms with van der Waals surface area (Å²) in [5.74, 6) is 0.309. The molecular weight excluding hydrogens is 352 g/mol. The molecule has 0 aliphatic heterocycles. The highest BCUT2D eigenvalue weighted by Gasteiger charge is 2.23. The first kappa shape index (κ1) is 18.2. The summed E-state index contributed by atoms with van der Waals surface area (Å²) in [5, 5.41) is 12.2. The number of benzene rings is 2. The van der Waals surface area contributed by atoms with Crippen molar-refractivity contribution < 1.29 is 9.59 Å². The van der Waals surface area contributed by atoms with E-state index in [4.69, 9.17) is 0 Å². The second-order valence-electron chi connectivity index (χ2n) is 7.34. The highest BCUT2D eigenvalue weighted by molar-refractivity contribution is 6.08. The Labute approximate surface area is 163 Å². The van der Waals surface area contributed by atoms with Crippen molar-refractivity contribution in [3.8, 4) is 0 Å². The Bertz CT molecular complexity index is 1010. The molecule has 0 radical (unpaired) electrons. The van der Waals surface area contributed by atoms with E-state index in [2.05, 4.69) is 15.7 Å². The summed E-state index contributed by atoms with van der Waals surface area (Å²) in [6, 6.07) is 15.3. The van der Waals surface area contributed by atoms with Gasteiger partial charge >= 0.3 is 0 Å². The average molecular weight is 376 g/mol. The number of hydrogen-bond acceptors (Lipinski definition) is 3. The van der Waals surface area contributed by atoms with Crippen LogP contribution in [0.15, 0.2) is 48.5 Å². The van der Waals surface area contributed by atoms with E-state index in [0.29, 0.717) is 5.82 Å². The van der Waals surface area contributed by atoms with Gasteiger partial charge in [0.05, 0.1) is 0 Å². The molecule has 1 aromatic heterocycles. The molecule has 1 aliphatic carbocycles. The molecule has 0 atom stereocenters. The smallest absolute Gasteiger partial charge is 0.276 e. The van der Waals surface area contributed by atoms with Crippen molar-refractivity contribution in [1.82, 2.24) is 9.78 Å². The fraction of sp³-hybridized carbons (Fsp3) is 0.318. The lowest BCUT2D eigenvalue weighted by atomic mass is 9.89. The van der Waals surface area contributed by atoms with Crippen LogP contribution in [0.4, 0.5) is 11.5 Å². The van der Waals surface area contributed by atoms with Crippen molar-refractivity contribution in [3.05, 3.63) is 54.2 Å². The maximum absolute atomic E-state index is 12.7. The van der Waals surface area contributed by atoms with E-state index in [1.54, 1.807) is 17.8 Å². The van der Waals surface area contributed by atoms with Crippen LogP contribution in [0.2, 0.25) is 0 Å². The van der Waals surface area contributed by atoms with Crippen LogP contribution in [0.1, 0.15) is 42.6 Å². The molecule has 144 valence electrons. The zero-order valence-corrected chi connectivity index (χ0v) is 15.9. The molecule has 28 heavy (non-hydrogen) atoms. The monoisotopic (exact) mass is 376 g/mol. The van der Waals surface area contributed by atoms with Crippen molar-refractivity contribution in [3.63, 3.8) is 0 Å². The number of hydrogen-bond donors (Lipinski definition) is 2. The molecule has 2 N–H and O–H groups in total. The molecule has 6 nitrogen and oxygen atoms in total. The number of fused-ring (bicyclic) bond motifs is 1. The largest absolute Gasteiger partial charge is 0.320 e. The standard InChI is InChI=1S/C22H24N4O2/c1-26-20(24-21(27)16-9-3-2-4-10-16)14-19(25-26)22(28)23-18-13-7-11-15-8-5-6-12-17(15)18/h5-8,11-14,16H,2-4,9-10H2,1H3,(H,23,28)(H,24,27). The van der Waals surface area contributed by atoms with E-state index in [1.807, 2.05) is 42.5 Å². The predicted octanol–water partition coefficient (Wildman–Crippen LogP) is 4.34. The molecule has 0 unspecified atom stereocenters. The normalized spacial score (nSPS) is 14.8. The Hall–Kier alpha value is -3.15. The summed E-state index contributed by atoms with van der Waals surface area (Å²) in [7, 11) is 1.73. The first-order valence-corrected chi connectivity index (χ1v) is 9.76. The number of rotatable bonds is 4. The van der Waals surface area contributed by atoms with Crippen molar-refractivity contribution in [2.24, 2.45) is 13.0 Å². The van der Waals surface area contributed by atoms with Gasteiger partial charge in [0.15, 0.2) is 5.69 Å². The third kappa shape index (κ3) is 3.76. The first-order valence-electron chi connectivity index (χ1n) is 9.76. The van der Waals surface area contributed by atoms with Crippen LogP contribution in [-0.2, 0) is 11.8 Å². The fourth-order valence-corrected chi connectivity index (χ4v) is 3.81. The minimum absolute atomic E-state index is 0.0173. The SMILES string of the molecule is Cn1nc(C(=O)Nc2cccc3ccccc23)cc1NC(=O)C1CCCCC1. The Morgan fingerprint density at radius 2 is 1.75 bits per heavy atom. The van der Waals surface area contributed by atoms with Gasteiger partial charge in [-0.15, -0.1) is 0 Å². The molecule has 6 heteroatoms. The molecule has 2 aromatic carbocycles. The summed E-state index contributed by atoms with van der Waals surface area (Å²) in [4.78, 5) is 25.2. The summed E-state index contributed by atoms with van der Waals surface area (Å²) in [6.07, 6.45) is 5.26. The zero-order chi connectivity index (χ0) is 19.5. The Kier molecular flexibility index (Phi) is 5.10. The maximum Gasteiger partial charge on any atom is 0.276 e. The number of aromatic nitrogens is 2. The van der Waals surface area contributed by atoms with Gasteiger partial charge in [-0.25, -0.2) is 0 Å². The molecule has 1 fully saturated rings. The van der Waals surface area contributed by atoms with Crippen LogP contribution in [0.3, 0.4) is 0 Å². The van der Waals surface area contributed by atoms with Crippen LogP contribution < -0.4 is 10.6 Å². The summed E-state index contributed by atoms with van der Waals surface area (Å²) >= 11 is 0. The van der Waals surface area contributed by atoms with Gasteiger partial charge in [0.2, 0.25) is 5.91 Å². The summed E-state index contributed by atoms with van der Waals surface area (Å²) in [6.45, 7) is 0. The van der Waals surface area contributed by atoms with Gasteiger partial charge in [-0.2, -0.15) is 5.10 Å². The number of aryl methyl sites for hydroxylation is 1. The van der Waals surface area contributed by atoms with Gasteiger partial charge in [-0.05, 0) is 24.3 Å². The Morgan fingerprint density at radius 1 is 1.00 bits per heavy atom. The first-order chi connectivity index (χ1) is 13.6. The van der Waals surface area contributed by atoms with E-state index >= 15 is 0 Å². The molecule has 1 heterocycles. The highest BCUT2D eigenvalue weighted by atomic mass is 16.2. The fourth-order valence-electron chi connectivity index (χ4n) is 3.81. The maximum atomic E-state index is 12.7. The molecule has 2 amide bonds. The molecule has 1 saturated carbocycles. The average Bonchev–Trinajstić information content (AvgIpc) is 3.09. The minimum atomic E-state index is -0.301. The van der Waals surface area contributed by atoms with Gasteiger partial charge < -0.3 is 10.6 Å². The zero-order valence-electron chi connectivity index (χ0n) is 15.9. The molecule has 4 rings (SSSR count). The third-order valence-electron chi connectivity index (χ3n) is 5.38. The number of carbonyl (C=O) groups excluding carboxylic acids is 2. The molecule has 0 saturated heterocycles. The molecule has 1 aliphatic rings. The lowest BCUT2D eigenvalue weighted by Crippen LogP contribution is -2.25. The van der Waals surface area contributed by atoms with Crippen LogP contribution in [0.25, 0.3) is 10.8 Å². The minimum Gasteiger partial charge on any atom is -0.320 e.